The Balaban J connectivity index is 2.53. The molecule has 0 aliphatic carbocycles. The third-order valence-corrected chi connectivity index (χ3v) is 1.25. The molecule has 0 spiro atoms. The minimum Gasteiger partial charge on any atom is -0.263 e. The van der Waals surface area contributed by atoms with Gasteiger partial charge in [0.2, 0.25) is 0 Å². The number of aryl methyl sites for hydroxylation is 1. The predicted octanol–water partition coefficient (Wildman–Crippen LogP) is -0.911. The molecule has 0 fully saturated rings. The highest BCUT2D eigenvalue weighted by Crippen LogP contribution is 1.98. The van der Waals surface area contributed by atoms with Crippen molar-refractivity contribution < 1.29 is 0 Å². The first-order valence-corrected chi connectivity index (χ1v) is 3.00. The summed E-state index contributed by atoms with van der Waals surface area (Å²) in [4.78, 5) is 0. The van der Waals surface area contributed by atoms with Crippen LogP contribution in [0.4, 0.5) is 0 Å². The molecule has 7 heteroatoms. The van der Waals surface area contributed by atoms with Gasteiger partial charge in [0.25, 0.3) is 0 Å². The lowest BCUT2D eigenvalue weighted by atomic mass is 10.6. The maximum absolute atomic E-state index is 3.73. The van der Waals surface area contributed by atoms with Crippen LogP contribution in [0.15, 0.2) is 6.20 Å². The molecule has 0 amide bonds. The molecule has 2 aromatic rings. The van der Waals surface area contributed by atoms with Crippen molar-refractivity contribution in [3.63, 3.8) is 0 Å². The average Bonchev–Trinajstić information content (AvgIpc) is 2.55. The van der Waals surface area contributed by atoms with Gasteiger partial charge in [-0.1, -0.05) is 5.21 Å². The largest absolute Gasteiger partial charge is 0.263 e. The summed E-state index contributed by atoms with van der Waals surface area (Å²) >= 11 is 0. The number of H-pyrrole nitrogens is 1. The van der Waals surface area contributed by atoms with Crippen LogP contribution >= 0.6 is 0 Å². The van der Waals surface area contributed by atoms with E-state index in [2.05, 4.69) is 30.9 Å². The van der Waals surface area contributed by atoms with E-state index in [1.807, 2.05) is 0 Å². The van der Waals surface area contributed by atoms with Crippen molar-refractivity contribution in [2.75, 3.05) is 0 Å². The highest BCUT2D eigenvalue weighted by atomic mass is 15.6. The standard InChI is InChI=1S/C4H5N7/c1-3-6-9-10-11(3)4-2-5-8-7-4/h2H,1H3,(H,5,7,8). The first-order valence-electron chi connectivity index (χ1n) is 3.00. The fourth-order valence-electron chi connectivity index (χ4n) is 0.742. The summed E-state index contributed by atoms with van der Waals surface area (Å²) < 4.78 is 1.49. The number of aromatic nitrogens is 7. The minimum atomic E-state index is 0.590. The topological polar surface area (TPSA) is 85.2 Å². The molecule has 2 rings (SSSR count). The highest BCUT2D eigenvalue weighted by molar-refractivity contribution is 5.13. The first-order chi connectivity index (χ1) is 5.38. The SMILES string of the molecule is Cc1nnnn1-c1c[nH]nn1. The van der Waals surface area contributed by atoms with E-state index in [0.29, 0.717) is 11.6 Å². The molecule has 0 atom stereocenters. The number of tetrazole rings is 1. The van der Waals surface area contributed by atoms with Crippen molar-refractivity contribution in [1.82, 2.24) is 35.6 Å². The van der Waals surface area contributed by atoms with Crippen molar-refractivity contribution in [2.24, 2.45) is 0 Å². The predicted molar refractivity (Wildman–Crippen MR) is 33.8 cm³/mol. The molecule has 0 radical (unpaired) electrons. The van der Waals surface area contributed by atoms with Crippen LogP contribution in [-0.4, -0.2) is 35.6 Å². The normalized spacial score (nSPS) is 10.3. The maximum Gasteiger partial charge on any atom is 0.198 e. The maximum atomic E-state index is 3.73. The van der Waals surface area contributed by atoms with Gasteiger partial charge in [0.05, 0.1) is 6.20 Å². The molecule has 2 heterocycles. The van der Waals surface area contributed by atoms with Crippen LogP contribution in [0.3, 0.4) is 0 Å². The number of nitrogens with zero attached hydrogens (tertiary/aromatic N) is 6. The Bertz CT molecular complexity index is 333. The third-order valence-electron chi connectivity index (χ3n) is 1.25. The van der Waals surface area contributed by atoms with Crippen LogP contribution in [0, 0.1) is 6.92 Å². The third kappa shape index (κ3) is 0.858. The van der Waals surface area contributed by atoms with Gasteiger partial charge in [-0.2, -0.15) is 4.68 Å². The van der Waals surface area contributed by atoms with Crippen molar-refractivity contribution in [3.05, 3.63) is 12.0 Å². The summed E-state index contributed by atoms with van der Waals surface area (Å²) in [5.41, 5.74) is 0. The van der Waals surface area contributed by atoms with Crippen molar-refractivity contribution in [3.8, 4) is 5.82 Å². The second kappa shape index (κ2) is 2.11. The molecule has 0 unspecified atom stereocenters. The van der Waals surface area contributed by atoms with Gasteiger partial charge in [-0.05, 0) is 17.4 Å². The van der Waals surface area contributed by atoms with Crippen molar-refractivity contribution in [1.29, 1.82) is 0 Å². The lowest BCUT2D eigenvalue weighted by Crippen LogP contribution is -1.99. The number of hydrogen-bond donors (Lipinski definition) is 1. The molecule has 0 saturated carbocycles. The summed E-state index contributed by atoms with van der Waals surface area (Å²) in [6, 6.07) is 0. The molecule has 0 aliphatic rings. The Hall–Kier alpha value is -1.79. The zero-order valence-corrected chi connectivity index (χ0v) is 5.76. The number of nitrogens with one attached hydrogen (secondary N) is 1. The van der Waals surface area contributed by atoms with Gasteiger partial charge < -0.3 is 0 Å². The number of rotatable bonds is 1. The molecule has 2 aromatic heterocycles. The molecule has 7 nitrogen and oxygen atoms in total. The number of hydrogen-bond acceptors (Lipinski definition) is 5. The minimum absolute atomic E-state index is 0.590. The molecular weight excluding hydrogens is 146 g/mol. The van der Waals surface area contributed by atoms with Crippen LogP contribution in [0.2, 0.25) is 0 Å². The molecule has 0 aromatic carbocycles. The molecule has 1 N–H and O–H groups in total. The Morgan fingerprint density at radius 1 is 1.45 bits per heavy atom. The summed E-state index contributed by atoms with van der Waals surface area (Å²) in [6.45, 7) is 1.79. The summed E-state index contributed by atoms with van der Waals surface area (Å²) in [5.74, 6) is 1.27. The Morgan fingerprint density at radius 2 is 2.36 bits per heavy atom. The molecule has 0 bridgehead atoms. The second-order valence-corrected chi connectivity index (χ2v) is 1.97. The number of aromatic amines is 1. The zero-order valence-electron chi connectivity index (χ0n) is 5.76. The van der Waals surface area contributed by atoms with Crippen LogP contribution < -0.4 is 0 Å². The molecular formula is C4H5N7. The monoisotopic (exact) mass is 151 g/mol. The summed E-state index contributed by atoms with van der Waals surface area (Å²) in [6.07, 6.45) is 1.61. The van der Waals surface area contributed by atoms with E-state index < -0.39 is 0 Å². The molecule has 0 saturated heterocycles. The Kier molecular flexibility index (Phi) is 1.14. The van der Waals surface area contributed by atoms with Gasteiger partial charge in [0.15, 0.2) is 11.6 Å². The molecule has 0 aliphatic heterocycles. The smallest absolute Gasteiger partial charge is 0.198 e. The Labute approximate surface area is 61.4 Å². The Morgan fingerprint density at radius 3 is 2.91 bits per heavy atom. The van der Waals surface area contributed by atoms with E-state index >= 15 is 0 Å². The van der Waals surface area contributed by atoms with Crippen LogP contribution in [0.1, 0.15) is 5.82 Å². The second-order valence-electron chi connectivity index (χ2n) is 1.97. The molecule has 56 valence electrons. The lowest BCUT2D eigenvalue weighted by Gasteiger charge is -1.90. The van der Waals surface area contributed by atoms with E-state index in [-0.39, 0.29) is 0 Å². The van der Waals surface area contributed by atoms with E-state index in [0.717, 1.165) is 0 Å². The van der Waals surface area contributed by atoms with Gasteiger partial charge >= 0.3 is 0 Å². The van der Waals surface area contributed by atoms with Crippen LogP contribution in [0.25, 0.3) is 5.82 Å². The quantitative estimate of drug-likeness (QED) is 0.570. The fourth-order valence-corrected chi connectivity index (χ4v) is 0.742. The summed E-state index contributed by atoms with van der Waals surface area (Å²) in [7, 11) is 0. The van der Waals surface area contributed by atoms with Gasteiger partial charge in [-0.25, -0.2) is 0 Å². The first kappa shape index (κ1) is 5.96. The lowest BCUT2D eigenvalue weighted by molar-refractivity contribution is 0.754. The van der Waals surface area contributed by atoms with Crippen LogP contribution in [0.5, 0.6) is 0 Å². The van der Waals surface area contributed by atoms with Gasteiger partial charge in [0, 0.05) is 0 Å². The van der Waals surface area contributed by atoms with E-state index in [1.165, 1.54) is 4.68 Å². The fraction of sp³-hybridized carbons (Fsp3) is 0.250. The van der Waals surface area contributed by atoms with Gasteiger partial charge in [-0.15, -0.1) is 10.2 Å². The average molecular weight is 151 g/mol. The van der Waals surface area contributed by atoms with E-state index in [1.54, 1.807) is 13.1 Å². The van der Waals surface area contributed by atoms with E-state index in [9.17, 15) is 0 Å². The van der Waals surface area contributed by atoms with Crippen LogP contribution in [-0.2, 0) is 0 Å². The zero-order chi connectivity index (χ0) is 7.68. The van der Waals surface area contributed by atoms with Crippen molar-refractivity contribution in [2.45, 2.75) is 6.92 Å². The van der Waals surface area contributed by atoms with Gasteiger partial charge in [-0.3, -0.25) is 5.10 Å². The van der Waals surface area contributed by atoms with Crippen molar-refractivity contribution >= 4 is 0 Å². The van der Waals surface area contributed by atoms with E-state index in [4.69, 9.17) is 0 Å². The molecule has 11 heavy (non-hydrogen) atoms. The highest BCUT2D eigenvalue weighted by Gasteiger charge is 2.04. The summed E-state index contributed by atoms with van der Waals surface area (Å²) in [5, 5.41) is 20.7. The van der Waals surface area contributed by atoms with Gasteiger partial charge in [0.1, 0.15) is 0 Å².